The lowest BCUT2D eigenvalue weighted by Crippen LogP contribution is -2.65. The van der Waals surface area contributed by atoms with Gasteiger partial charge in [-0.15, -0.1) is 0 Å². The molecule has 9 atom stereocenters. The molecule has 1 aromatic rings. The Labute approximate surface area is 179 Å². The van der Waals surface area contributed by atoms with Crippen molar-refractivity contribution in [3.63, 3.8) is 0 Å². The van der Waals surface area contributed by atoms with Gasteiger partial charge in [0.25, 0.3) is 0 Å². The predicted octanol–water partition coefficient (Wildman–Crippen LogP) is 3.86. The van der Waals surface area contributed by atoms with Crippen molar-refractivity contribution >= 4 is 6.29 Å². The average molecular weight is 417 g/mol. The fraction of sp³-hybridized carbons (Fsp3) is 0.800. The molecule has 4 saturated carbocycles. The maximum atomic E-state index is 12.5. The highest BCUT2D eigenvalue weighted by molar-refractivity contribution is 5.70. The first-order valence-corrected chi connectivity index (χ1v) is 11.7. The molecule has 30 heavy (non-hydrogen) atoms. The number of carbonyl (C=O) groups is 1. The van der Waals surface area contributed by atoms with Gasteiger partial charge in [-0.2, -0.15) is 0 Å². The third-order valence-corrected chi connectivity index (χ3v) is 10.5. The Bertz CT molecular complexity index is 806. The standard InChI is InChI=1S/C25H36O5/c1-22-13-21(29-3)24(15-26,17-8-11-30-14-17)12-16(22)4-5-19-18(22)6-9-23(2)20(27)7-10-25(19,23)28/h8,11,14-16,18-21,27-28H,4-7,9-10,12-13H2,1-3H3/t16-,18+,19-,20-,21?,22+,23-,24+,25+/m1/s1. The molecule has 0 radical (unpaired) electrons. The Morgan fingerprint density at radius 2 is 1.93 bits per heavy atom. The minimum absolute atomic E-state index is 0.0183. The molecule has 0 spiro atoms. The molecule has 1 aromatic heterocycles. The Morgan fingerprint density at radius 3 is 2.60 bits per heavy atom. The van der Waals surface area contributed by atoms with Crippen molar-refractivity contribution in [2.75, 3.05) is 7.11 Å². The molecule has 5 heteroatoms. The summed E-state index contributed by atoms with van der Waals surface area (Å²) >= 11 is 0. The molecule has 5 nitrogen and oxygen atoms in total. The maximum Gasteiger partial charge on any atom is 0.133 e. The van der Waals surface area contributed by atoms with Gasteiger partial charge in [0.2, 0.25) is 0 Å². The first-order chi connectivity index (χ1) is 14.2. The summed E-state index contributed by atoms with van der Waals surface area (Å²) in [5.41, 5.74) is -0.902. The van der Waals surface area contributed by atoms with Gasteiger partial charge in [0.15, 0.2) is 0 Å². The smallest absolute Gasteiger partial charge is 0.133 e. The van der Waals surface area contributed by atoms with Crippen molar-refractivity contribution in [1.29, 1.82) is 0 Å². The van der Waals surface area contributed by atoms with E-state index in [1.165, 1.54) is 0 Å². The first-order valence-electron chi connectivity index (χ1n) is 11.7. The van der Waals surface area contributed by atoms with Gasteiger partial charge in [-0.25, -0.2) is 0 Å². The molecular weight excluding hydrogens is 380 g/mol. The molecule has 2 N–H and O–H groups in total. The molecule has 166 valence electrons. The van der Waals surface area contributed by atoms with E-state index in [4.69, 9.17) is 9.15 Å². The van der Waals surface area contributed by atoms with Gasteiger partial charge in [0.05, 0.1) is 35.8 Å². The van der Waals surface area contributed by atoms with Crippen molar-refractivity contribution in [3.05, 3.63) is 24.2 Å². The van der Waals surface area contributed by atoms with Crippen LogP contribution in [0.2, 0.25) is 0 Å². The summed E-state index contributed by atoms with van der Waals surface area (Å²) in [7, 11) is 1.71. The summed E-state index contributed by atoms with van der Waals surface area (Å²) in [4.78, 5) is 12.5. The van der Waals surface area contributed by atoms with E-state index in [0.29, 0.717) is 24.7 Å². The van der Waals surface area contributed by atoms with Crippen LogP contribution in [0, 0.1) is 28.6 Å². The third-order valence-electron chi connectivity index (χ3n) is 10.5. The summed E-state index contributed by atoms with van der Waals surface area (Å²) in [5, 5.41) is 22.6. The van der Waals surface area contributed by atoms with Gasteiger partial charge in [-0.1, -0.05) is 13.8 Å². The highest BCUT2D eigenvalue weighted by Crippen LogP contribution is 2.69. The second-order valence-corrected chi connectivity index (χ2v) is 11.2. The molecule has 1 heterocycles. The van der Waals surface area contributed by atoms with Crippen molar-refractivity contribution < 1.29 is 24.2 Å². The molecule has 0 amide bonds. The molecule has 0 saturated heterocycles. The third kappa shape index (κ3) is 2.37. The van der Waals surface area contributed by atoms with Crippen molar-refractivity contribution in [3.8, 4) is 0 Å². The van der Waals surface area contributed by atoms with Crippen LogP contribution in [-0.4, -0.2) is 41.4 Å². The van der Waals surface area contributed by atoms with Gasteiger partial charge in [0.1, 0.15) is 6.29 Å². The Hall–Kier alpha value is -1.17. The molecular formula is C25H36O5. The van der Waals surface area contributed by atoms with E-state index in [1.54, 1.807) is 19.6 Å². The number of ether oxygens (including phenoxy) is 1. The number of aliphatic hydroxyl groups is 2. The van der Waals surface area contributed by atoms with E-state index in [2.05, 4.69) is 13.8 Å². The predicted molar refractivity (Wildman–Crippen MR) is 112 cm³/mol. The summed E-state index contributed by atoms with van der Waals surface area (Å²) in [6.45, 7) is 4.48. The average Bonchev–Trinajstić information content (AvgIpc) is 3.36. The van der Waals surface area contributed by atoms with Crippen LogP contribution < -0.4 is 0 Å². The quantitative estimate of drug-likeness (QED) is 0.732. The van der Waals surface area contributed by atoms with E-state index in [9.17, 15) is 15.0 Å². The lowest BCUT2D eigenvalue weighted by molar-refractivity contribution is -0.224. The molecule has 4 fully saturated rings. The Morgan fingerprint density at radius 1 is 1.13 bits per heavy atom. The summed E-state index contributed by atoms with van der Waals surface area (Å²) in [6, 6.07) is 1.91. The normalized spacial score (nSPS) is 52.9. The Balaban J connectivity index is 1.51. The second kappa shape index (κ2) is 6.66. The molecule has 0 aliphatic heterocycles. The van der Waals surface area contributed by atoms with Crippen LogP contribution in [0.5, 0.6) is 0 Å². The zero-order valence-corrected chi connectivity index (χ0v) is 18.5. The van der Waals surface area contributed by atoms with Gasteiger partial charge in [-0.05, 0) is 80.6 Å². The van der Waals surface area contributed by atoms with Gasteiger partial charge in [-0.3, -0.25) is 0 Å². The number of rotatable bonds is 3. The number of carbonyl (C=O) groups excluding carboxylic acids is 1. The monoisotopic (exact) mass is 416 g/mol. The number of hydrogen-bond donors (Lipinski definition) is 2. The van der Waals surface area contributed by atoms with Crippen molar-refractivity contribution in [2.24, 2.45) is 28.6 Å². The lowest BCUT2D eigenvalue weighted by Gasteiger charge is -2.65. The maximum absolute atomic E-state index is 12.5. The topological polar surface area (TPSA) is 79.9 Å². The number of furan rings is 1. The van der Waals surface area contributed by atoms with Crippen LogP contribution in [0.4, 0.5) is 0 Å². The van der Waals surface area contributed by atoms with Crippen LogP contribution in [0.1, 0.15) is 70.8 Å². The van der Waals surface area contributed by atoms with Crippen molar-refractivity contribution in [2.45, 2.75) is 88.4 Å². The van der Waals surface area contributed by atoms with Gasteiger partial charge in [0, 0.05) is 18.1 Å². The number of methoxy groups -OCH3 is 1. The van der Waals surface area contributed by atoms with Crippen LogP contribution in [0.3, 0.4) is 0 Å². The van der Waals surface area contributed by atoms with Crippen LogP contribution in [0.25, 0.3) is 0 Å². The van der Waals surface area contributed by atoms with Crippen LogP contribution in [0.15, 0.2) is 23.0 Å². The largest absolute Gasteiger partial charge is 0.472 e. The first kappa shape index (κ1) is 20.7. The molecule has 5 rings (SSSR count). The molecule has 4 aliphatic carbocycles. The summed E-state index contributed by atoms with van der Waals surface area (Å²) < 4.78 is 11.3. The number of aldehydes is 1. The fourth-order valence-corrected chi connectivity index (χ4v) is 8.57. The molecule has 4 aliphatic rings. The highest BCUT2D eigenvalue weighted by Gasteiger charge is 2.68. The Kier molecular flexibility index (Phi) is 4.60. The summed E-state index contributed by atoms with van der Waals surface area (Å²) in [6.07, 6.45) is 10.7. The van der Waals surface area contributed by atoms with E-state index < -0.39 is 22.5 Å². The number of hydrogen-bond acceptors (Lipinski definition) is 5. The zero-order chi connectivity index (χ0) is 21.4. The number of fused-ring (bicyclic) bond motifs is 5. The molecule has 1 unspecified atom stereocenters. The van der Waals surface area contributed by atoms with Crippen LogP contribution in [-0.2, 0) is 14.9 Å². The van der Waals surface area contributed by atoms with Gasteiger partial charge >= 0.3 is 0 Å². The SMILES string of the molecule is COC1C[C@@]2(C)[C@H](CC[C@@H]3[C@@H]2CC[C@]2(C)[C@H](O)CC[C@]32O)C[C@]1(C=O)c1ccoc1. The van der Waals surface area contributed by atoms with E-state index in [1.807, 2.05) is 6.07 Å². The fourth-order valence-electron chi connectivity index (χ4n) is 8.57. The molecule has 0 aromatic carbocycles. The van der Waals surface area contributed by atoms with Crippen LogP contribution >= 0.6 is 0 Å². The zero-order valence-electron chi connectivity index (χ0n) is 18.5. The highest BCUT2D eigenvalue weighted by atomic mass is 16.5. The van der Waals surface area contributed by atoms with E-state index in [-0.39, 0.29) is 17.4 Å². The van der Waals surface area contributed by atoms with E-state index >= 15 is 0 Å². The van der Waals surface area contributed by atoms with E-state index in [0.717, 1.165) is 50.4 Å². The molecule has 0 bridgehead atoms. The minimum atomic E-state index is -0.782. The lowest BCUT2D eigenvalue weighted by atomic mass is 9.41. The van der Waals surface area contributed by atoms with Crippen molar-refractivity contribution in [1.82, 2.24) is 0 Å². The minimum Gasteiger partial charge on any atom is -0.472 e. The van der Waals surface area contributed by atoms with Gasteiger partial charge < -0.3 is 24.2 Å². The number of aliphatic hydroxyl groups excluding tert-OH is 1. The second-order valence-electron chi connectivity index (χ2n) is 11.2. The summed E-state index contributed by atoms with van der Waals surface area (Å²) in [5.74, 6) is 1.01.